The SMILES string of the molecule is CS(=O)(=O)OC1CC2CCC1(OS(C)(=O)=O)C2. The summed E-state index contributed by atoms with van der Waals surface area (Å²) in [5.41, 5.74) is -0.971. The van der Waals surface area contributed by atoms with Crippen molar-refractivity contribution in [2.75, 3.05) is 12.5 Å². The van der Waals surface area contributed by atoms with E-state index in [-0.39, 0.29) is 0 Å². The number of hydrogen-bond acceptors (Lipinski definition) is 6. The molecular weight excluding hydrogens is 268 g/mol. The highest BCUT2D eigenvalue weighted by atomic mass is 32.2. The van der Waals surface area contributed by atoms with E-state index in [4.69, 9.17) is 8.37 Å². The van der Waals surface area contributed by atoms with E-state index in [1.165, 1.54) is 0 Å². The molecule has 2 fully saturated rings. The van der Waals surface area contributed by atoms with E-state index in [2.05, 4.69) is 0 Å². The maximum absolute atomic E-state index is 11.3. The zero-order valence-corrected chi connectivity index (χ0v) is 11.4. The average Bonchev–Trinajstić information content (AvgIpc) is 2.54. The van der Waals surface area contributed by atoms with Gasteiger partial charge in [-0.05, 0) is 31.6 Å². The van der Waals surface area contributed by atoms with Crippen LogP contribution in [-0.2, 0) is 28.6 Å². The second kappa shape index (κ2) is 3.91. The lowest BCUT2D eigenvalue weighted by Crippen LogP contribution is -2.44. The lowest BCUT2D eigenvalue weighted by atomic mass is 9.94. The Labute approximate surface area is 102 Å². The maximum atomic E-state index is 11.3. The monoisotopic (exact) mass is 284 g/mol. The molecular formula is C9H16O6S2. The van der Waals surface area contributed by atoms with Gasteiger partial charge in [0.05, 0.1) is 12.5 Å². The summed E-state index contributed by atoms with van der Waals surface area (Å²) < 4.78 is 54.9. The molecule has 0 aromatic rings. The Hall–Kier alpha value is -0.180. The summed E-state index contributed by atoms with van der Waals surface area (Å²) >= 11 is 0. The van der Waals surface area contributed by atoms with Crippen LogP contribution in [0, 0.1) is 5.92 Å². The standard InChI is InChI=1S/C9H16O6S2/c1-16(10,11)14-8-5-7-3-4-9(8,6-7)15-17(2,12)13/h7-8H,3-6H2,1-2H3. The highest BCUT2D eigenvalue weighted by Crippen LogP contribution is 2.52. The van der Waals surface area contributed by atoms with Crippen molar-refractivity contribution < 1.29 is 25.2 Å². The Morgan fingerprint density at radius 3 is 2.24 bits per heavy atom. The summed E-state index contributed by atoms with van der Waals surface area (Å²) in [6.07, 6.45) is 3.76. The van der Waals surface area contributed by atoms with E-state index in [1.54, 1.807) is 0 Å². The molecule has 0 radical (unpaired) electrons. The van der Waals surface area contributed by atoms with Crippen molar-refractivity contribution in [1.82, 2.24) is 0 Å². The maximum Gasteiger partial charge on any atom is 0.265 e. The van der Waals surface area contributed by atoms with Crippen LogP contribution in [0.15, 0.2) is 0 Å². The van der Waals surface area contributed by atoms with Crippen molar-refractivity contribution in [2.24, 2.45) is 5.92 Å². The van der Waals surface area contributed by atoms with Crippen LogP contribution in [0.25, 0.3) is 0 Å². The molecule has 2 rings (SSSR count). The topological polar surface area (TPSA) is 86.7 Å². The van der Waals surface area contributed by atoms with E-state index in [0.29, 0.717) is 25.2 Å². The van der Waals surface area contributed by atoms with Gasteiger partial charge in [-0.15, -0.1) is 0 Å². The first-order chi connectivity index (χ1) is 7.60. The normalized spacial score (nSPS) is 37.5. The summed E-state index contributed by atoms with van der Waals surface area (Å²) in [6.45, 7) is 0. The van der Waals surface area contributed by atoms with E-state index in [9.17, 15) is 16.8 Å². The molecule has 2 bridgehead atoms. The first-order valence-electron chi connectivity index (χ1n) is 5.39. The molecule has 2 aliphatic rings. The van der Waals surface area contributed by atoms with Gasteiger partial charge >= 0.3 is 0 Å². The Bertz CT molecular complexity index is 508. The van der Waals surface area contributed by atoms with Crippen LogP contribution in [0.2, 0.25) is 0 Å². The van der Waals surface area contributed by atoms with Gasteiger partial charge in [-0.2, -0.15) is 16.8 Å². The molecule has 0 heterocycles. The molecule has 0 spiro atoms. The Morgan fingerprint density at radius 1 is 1.12 bits per heavy atom. The number of fused-ring (bicyclic) bond motifs is 2. The van der Waals surface area contributed by atoms with Gasteiger partial charge in [0.2, 0.25) is 0 Å². The van der Waals surface area contributed by atoms with Crippen LogP contribution in [-0.4, -0.2) is 41.1 Å². The van der Waals surface area contributed by atoms with Crippen molar-refractivity contribution >= 4 is 20.2 Å². The molecule has 100 valence electrons. The van der Waals surface area contributed by atoms with Crippen molar-refractivity contribution in [3.8, 4) is 0 Å². The molecule has 0 amide bonds. The summed E-state index contributed by atoms with van der Waals surface area (Å²) in [5, 5.41) is 0. The third kappa shape index (κ3) is 2.98. The molecule has 0 saturated heterocycles. The molecule has 3 unspecified atom stereocenters. The Balaban J connectivity index is 2.23. The van der Waals surface area contributed by atoms with Gasteiger partial charge in [-0.3, -0.25) is 8.37 Å². The van der Waals surface area contributed by atoms with E-state index in [0.717, 1.165) is 18.9 Å². The average molecular weight is 284 g/mol. The fraction of sp³-hybridized carbons (Fsp3) is 1.00. The van der Waals surface area contributed by atoms with Crippen LogP contribution in [0.5, 0.6) is 0 Å². The second-order valence-corrected chi connectivity index (χ2v) is 8.16. The Morgan fingerprint density at radius 2 is 1.76 bits per heavy atom. The molecule has 0 aliphatic heterocycles. The van der Waals surface area contributed by atoms with Gasteiger partial charge in [0.1, 0.15) is 11.7 Å². The van der Waals surface area contributed by atoms with Crippen LogP contribution in [0.3, 0.4) is 0 Å². The van der Waals surface area contributed by atoms with E-state index >= 15 is 0 Å². The molecule has 8 heteroatoms. The van der Waals surface area contributed by atoms with Gasteiger partial charge in [0.25, 0.3) is 20.2 Å². The van der Waals surface area contributed by atoms with Crippen molar-refractivity contribution in [2.45, 2.75) is 37.4 Å². The number of rotatable bonds is 4. The molecule has 2 aliphatic carbocycles. The van der Waals surface area contributed by atoms with Crippen LogP contribution < -0.4 is 0 Å². The minimum absolute atomic E-state index is 0.295. The fourth-order valence-electron chi connectivity index (χ4n) is 2.92. The van der Waals surface area contributed by atoms with E-state index in [1.807, 2.05) is 0 Å². The minimum atomic E-state index is -3.61. The van der Waals surface area contributed by atoms with Crippen molar-refractivity contribution in [1.29, 1.82) is 0 Å². The van der Waals surface area contributed by atoms with Gasteiger partial charge in [-0.25, -0.2) is 0 Å². The third-order valence-electron chi connectivity index (χ3n) is 3.35. The van der Waals surface area contributed by atoms with Crippen LogP contribution in [0.1, 0.15) is 25.7 Å². The van der Waals surface area contributed by atoms with Gasteiger partial charge in [-0.1, -0.05) is 0 Å². The third-order valence-corrected chi connectivity index (χ3v) is 4.57. The minimum Gasteiger partial charge on any atom is -0.264 e. The smallest absolute Gasteiger partial charge is 0.264 e. The highest BCUT2D eigenvalue weighted by Gasteiger charge is 2.57. The molecule has 6 nitrogen and oxygen atoms in total. The van der Waals surface area contributed by atoms with Gasteiger partial charge in [0, 0.05) is 0 Å². The first kappa shape index (κ1) is 13.3. The lowest BCUT2D eigenvalue weighted by Gasteiger charge is -2.32. The van der Waals surface area contributed by atoms with Crippen molar-refractivity contribution in [3.05, 3.63) is 0 Å². The molecule has 0 N–H and O–H groups in total. The lowest BCUT2D eigenvalue weighted by molar-refractivity contribution is -0.0140. The quantitative estimate of drug-likeness (QED) is 0.688. The molecule has 0 aromatic heterocycles. The summed E-state index contributed by atoms with van der Waals surface area (Å²) in [4.78, 5) is 0. The summed E-state index contributed by atoms with van der Waals surface area (Å²) in [6, 6.07) is 0. The van der Waals surface area contributed by atoms with E-state index < -0.39 is 31.9 Å². The fourth-order valence-corrected chi connectivity index (χ4v) is 4.46. The molecule has 17 heavy (non-hydrogen) atoms. The van der Waals surface area contributed by atoms with Gasteiger partial charge in [0.15, 0.2) is 0 Å². The zero-order chi connectivity index (χ0) is 12.9. The predicted molar refractivity (Wildman–Crippen MR) is 60.3 cm³/mol. The van der Waals surface area contributed by atoms with Crippen LogP contribution in [0.4, 0.5) is 0 Å². The van der Waals surface area contributed by atoms with Crippen molar-refractivity contribution in [3.63, 3.8) is 0 Å². The Kier molecular flexibility index (Phi) is 3.05. The second-order valence-electron chi connectivity index (χ2n) is 4.99. The van der Waals surface area contributed by atoms with Crippen LogP contribution >= 0.6 is 0 Å². The molecule has 2 saturated carbocycles. The first-order valence-corrected chi connectivity index (χ1v) is 9.02. The largest absolute Gasteiger partial charge is 0.265 e. The highest BCUT2D eigenvalue weighted by molar-refractivity contribution is 7.86. The molecule has 3 atom stereocenters. The predicted octanol–water partition coefficient (Wildman–Crippen LogP) is 0.250. The molecule has 0 aromatic carbocycles. The summed E-state index contributed by atoms with van der Waals surface area (Å²) in [5.74, 6) is 0.295. The summed E-state index contributed by atoms with van der Waals surface area (Å²) in [7, 11) is -7.21. The zero-order valence-electron chi connectivity index (χ0n) is 9.75. The number of hydrogen-bond donors (Lipinski definition) is 0. The van der Waals surface area contributed by atoms with Gasteiger partial charge < -0.3 is 0 Å².